The summed E-state index contributed by atoms with van der Waals surface area (Å²) in [6.45, 7) is 5.49. The molecule has 1 heterocycles. The molecular formula is C17H23N3O. The van der Waals surface area contributed by atoms with E-state index in [2.05, 4.69) is 41.5 Å². The van der Waals surface area contributed by atoms with Crippen LogP contribution in [-0.2, 0) is 17.9 Å². The zero-order chi connectivity index (χ0) is 15.1. The van der Waals surface area contributed by atoms with E-state index in [0.717, 1.165) is 24.9 Å². The zero-order valence-electron chi connectivity index (χ0n) is 12.7. The number of rotatable bonds is 7. The Morgan fingerprint density at radius 3 is 2.62 bits per heavy atom. The molecule has 0 saturated heterocycles. The van der Waals surface area contributed by atoms with E-state index >= 15 is 0 Å². The molecule has 1 unspecified atom stereocenters. The van der Waals surface area contributed by atoms with E-state index in [1.165, 1.54) is 5.56 Å². The van der Waals surface area contributed by atoms with Crippen molar-refractivity contribution in [1.82, 2.24) is 14.9 Å². The summed E-state index contributed by atoms with van der Waals surface area (Å²) < 4.78 is 2.03. The summed E-state index contributed by atoms with van der Waals surface area (Å²) in [6.07, 6.45) is 7.51. The highest BCUT2D eigenvalue weighted by Crippen LogP contribution is 2.08. The van der Waals surface area contributed by atoms with Crippen molar-refractivity contribution in [2.75, 3.05) is 0 Å². The maximum absolute atomic E-state index is 11.9. The SMILES string of the molecule is CCCC(C)C(=O)NCc1ccc(Cn2ccnc2)cc1. The van der Waals surface area contributed by atoms with E-state index in [1.807, 2.05) is 24.0 Å². The minimum atomic E-state index is 0.0931. The Labute approximate surface area is 126 Å². The normalized spacial score (nSPS) is 12.1. The van der Waals surface area contributed by atoms with Gasteiger partial charge in [0.05, 0.1) is 6.33 Å². The molecule has 112 valence electrons. The Kier molecular flexibility index (Phi) is 5.55. The van der Waals surface area contributed by atoms with Crippen LogP contribution in [0, 0.1) is 5.92 Å². The fourth-order valence-corrected chi connectivity index (χ4v) is 2.28. The van der Waals surface area contributed by atoms with Crippen LogP contribution in [-0.4, -0.2) is 15.5 Å². The fraction of sp³-hybridized carbons (Fsp3) is 0.412. The van der Waals surface area contributed by atoms with Gasteiger partial charge in [-0.25, -0.2) is 4.98 Å². The van der Waals surface area contributed by atoms with Crippen LogP contribution < -0.4 is 5.32 Å². The molecule has 0 fully saturated rings. The number of imidazole rings is 1. The van der Waals surface area contributed by atoms with Gasteiger partial charge in [0.25, 0.3) is 0 Å². The molecule has 1 N–H and O–H groups in total. The highest BCUT2D eigenvalue weighted by Gasteiger charge is 2.10. The topological polar surface area (TPSA) is 46.9 Å². The number of amides is 1. The molecule has 0 radical (unpaired) electrons. The van der Waals surface area contributed by atoms with E-state index in [-0.39, 0.29) is 11.8 Å². The van der Waals surface area contributed by atoms with E-state index in [4.69, 9.17) is 0 Å². The first-order chi connectivity index (χ1) is 10.2. The van der Waals surface area contributed by atoms with E-state index < -0.39 is 0 Å². The van der Waals surface area contributed by atoms with Gasteiger partial charge < -0.3 is 9.88 Å². The third-order valence-corrected chi connectivity index (χ3v) is 3.58. The highest BCUT2D eigenvalue weighted by molar-refractivity contribution is 5.78. The first kappa shape index (κ1) is 15.3. The summed E-state index contributed by atoms with van der Waals surface area (Å²) in [7, 11) is 0. The number of aromatic nitrogens is 2. The summed E-state index contributed by atoms with van der Waals surface area (Å²) in [5, 5.41) is 2.99. The number of hydrogen-bond donors (Lipinski definition) is 1. The lowest BCUT2D eigenvalue weighted by molar-refractivity contribution is -0.124. The molecule has 0 bridgehead atoms. The van der Waals surface area contributed by atoms with Crippen LogP contribution in [0.3, 0.4) is 0 Å². The number of carbonyl (C=O) groups excluding carboxylic acids is 1. The highest BCUT2D eigenvalue weighted by atomic mass is 16.1. The van der Waals surface area contributed by atoms with Gasteiger partial charge in [0.1, 0.15) is 0 Å². The van der Waals surface area contributed by atoms with Gasteiger partial charge in [-0.3, -0.25) is 4.79 Å². The second-order valence-corrected chi connectivity index (χ2v) is 5.46. The van der Waals surface area contributed by atoms with Gasteiger partial charge in [-0.15, -0.1) is 0 Å². The van der Waals surface area contributed by atoms with Crippen molar-refractivity contribution in [3.8, 4) is 0 Å². The predicted octanol–water partition coefficient (Wildman–Crippen LogP) is 2.98. The van der Waals surface area contributed by atoms with Gasteiger partial charge in [-0.1, -0.05) is 44.5 Å². The molecule has 2 rings (SSSR count). The third kappa shape index (κ3) is 4.74. The van der Waals surface area contributed by atoms with Crippen molar-refractivity contribution in [3.05, 3.63) is 54.1 Å². The maximum Gasteiger partial charge on any atom is 0.223 e. The average molecular weight is 285 g/mol. The van der Waals surface area contributed by atoms with Gasteiger partial charge >= 0.3 is 0 Å². The first-order valence-electron chi connectivity index (χ1n) is 7.50. The molecule has 1 aromatic carbocycles. The van der Waals surface area contributed by atoms with Crippen molar-refractivity contribution >= 4 is 5.91 Å². The van der Waals surface area contributed by atoms with Crippen molar-refractivity contribution in [1.29, 1.82) is 0 Å². The number of nitrogens with zero attached hydrogens (tertiary/aromatic N) is 2. The molecule has 1 aromatic heterocycles. The van der Waals surface area contributed by atoms with E-state index in [0.29, 0.717) is 6.54 Å². The summed E-state index contributed by atoms with van der Waals surface area (Å²) in [4.78, 5) is 15.9. The minimum absolute atomic E-state index is 0.0931. The molecule has 1 amide bonds. The summed E-state index contributed by atoms with van der Waals surface area (Å²) in [5.41, 5.74) is 2.35. The van der Waals surface area contributed by atoms with Gasteiger partial charge in [0.15, 0.2) is 0 Å². The maximum atomic E-state index is 11.9. The quantitative estimate of drug-likeness (QED) is 0.850. The second kappa shape index (κ2) is 7.62. The Balaban J connectivity index is 1.83. The van der Waals surface area contributed by atoms with Crippen LogP contribution in [0.15, 0.2) is 43.0 Å². The molecule has 4 nitrogen and oxygen atoms in total. The summed E-state index contributed by atoms with van der Waals surface area (Å²) in [5.74, 6) is 0.231. The van der Waals surface area contributed by atoms with Crippen LogP contribution >= 0.6 is 0 Å². The average Bonchev–Trinajstić information content (AvgIpc) is 2.99. The van der Waals surface area contributed by atoms with Crippen molar-refractivity contribution in [2.24, 2.45) is 5.92 Å². The number of nitrogens with one attached hydrogen (secondary N) is 1. The second-order valence-electron chi connectivity index (χ2n) is 5.46. The number of carbonyl (C=O) groups is 1. The summed E-state index contributed by atoms with van der Waals surface area (Å²) >= 11 is 0. The molecular weight excluding hydrogens is 262 g/mol. The van der Waals surface area contributed by atoms with Crippen LogP contribution in [0.5, 0.6) is 0 Å². The fourth-order valence-electron chi connectivity index (χ4n) is 2.28. The zero-order valence-corrected chi connectivity index (χ0v) is 12.7. The van der Waals surface area contributed by atoms with Crippen LogP contribution in [0.2, 0.25) is 0 Å². The van der Waals surface area contributed by atoms with Crippen LogP contribution in [0.25, 0.3) is 0 Å². The van der Waals surface area contributed by atoms with E-state index in [1.54, 1.807) is 6.20 Å². The molecule has 2 aromatic rings. The first-order valence-corrected chi connectivity index (χ1v) is 7.50. The molecule has 4 heteroatoms. The predicted molar refractivity (Wildman–Crippen MR) is 83.7 cm³/mol. The Hall–Kier alpha value is -2.10. The summed E-state index contributed by atoms with van der Waals surface area (Å²) in [6, 6.07) is 8.32. The lowest BCUT2D eigenvalue weighted by Crippen LogP contribution is -2.28. The molecule has 21 heavy (non-hydrogen) atoms. The van der Waals surface area contributed by atoms with Gasteiger partial charge in [0, 0.05) is 31.4 Å². The standard InChI is InChI=1S/C17H23N3O/c1-3-4-14(2)17(21)19-11-15-5-7-16(8-6-15)12-20-10-9-18-13-20/h5-10,13-14H,3-4,11-12H2,1-2H3,(H,19,21). The smallest absolute Gasteiger partial charge is 0.223 e. The number of benzene rings is 1. The Bertz CT molecular complexity index is 546. The van der Waals surface area contributed by atoms with Crippen molar-refractivity contribution < 1.29 is 4.79 Å². The molecule has 0 aliphatic heterocycles. The monoisotopic (exact) mass is 285 g/mol. The van der Waals surface area contributed by atoms with Crippen LogP contribution in [0.1, 0.15) is 37.8 Å². The lowest BCUT2D eigenvalue weighted by atomic mass is 10.1. The number of hydrogen-bond acceptors (Lipinski definition) is 2. The van der Waals surface area contributed by atoms with Gasteiger partial charge in [-0.2, -0.15) is 0 Å². The van der Waals surface area contributed by atoms with Crippen molar-refractivity contribution in [3.63, 3.8) is 0 Å². The molecule has 0 spiro atoms. The lowest BCUT2D eigenvalue weighted by Gasteiger charge is -2.11. The molecule has 0 saturated carbocycles. The largest absolute Gasteiger partial charge is 0.352 e. The molecule has 1 atom stereocenters. The van der Waals surface area contributed by atoms with Crippen molar-refractivity contribution in [2.45, 2.75) is 39.8 Å². The Morgan fingerprint density at radius 1 is 1.29 bits per heavy atom. The third-order valence-electron chi connectivity index (χ3n) is 3.58. The molecule has 0 aliphatic carbocycles. The molecule has 0 aliphatic rings. The van der Waals surface area contributed by atoms with E-state index in [9.17, 15) is 4.79 Å². The van der Waals surface area contributed by atoms with Gasteiger partial charge in [0.2, 0.25) is 5.91 Å². The van der Waals surface area contributed by atoms with Gasteiger partial charge in [-0.05, 0) is 17.5 Å². The Morgan fingerprint density at radius 2 is 2.00 bits per heavy atom. The van der Waals surface area contributed by atoms with Crippen LogP contribution in [0.4, 0.5) is 0 Å². The minimum Gasteiger partial charge on any atom is -0.352 e.